The fourth-order valence-electron chi connectivity index (χ4n) is 1.77. The number of aromatic nitrogens is 1. The molecule has 1 aromatic heterocycles. The maximum absolute atomic E-state index is 3.79. The van der Waals surface area contributed by atoms with E-state index >= 15 is 0 Å². The Morgan fingerprint density at radius 3 is 2.73 bits per heavy atom. The van der Waals surface area contributed by atoms with Crippen LogP contribution in [0, 0.1) is 0 Å². The van der Waals surface area contributed by atoms with Gasteiger partial charge in [0.05, 0.1) is 6.42 Å². The van der Waals surface area contributed by atoms with E-state index in [2.05, 4.69) is 54.7 Å². The lowest BCUT2D eigenvalue weighted by molar-refractivity contribution is -0.677. The van der Waals surface area contributed by atoms with Gasteiger partial charge in [-0.05, 0) is 11.5 Å². The quantitative estimate of drug-likeness (QED) is 0.469. The van der Waals surface area contributed by atoms with Gasteiger partial charge in [0.15, 0.2) is 11.9 Å². The molecule has 1 nitrogen and oxygen atoms in total. The van der Waals surface area contributed by atoms with Crippen LogP contribution in [0.25, 0.3) is 10.8 Å². The van der Waals surface area contributed by atoms with Crippen molar-refractivity contribution in [2.45, 2.75) is 6.42 Å². The second kappa shape index (κ2) is 4.94. The average molecular weight is 220 g/mol. The Morgan fingerprint density at radius 1 is 1.27 bits per heavy atom. The van der Waals surface area contributed by atoms with E-state index in [1.165, 1.54) is 16.5 Å². The third kappa shape index (κ3) is 2.18. The summed E-state index contributed by atoms with van der Waals surface area (Å²) in [6.07, 6.45) is 4.96. The van der Waals surface area contributed by atoms with Crippen molar-refractivity contribution in [2.75, 3.05) is 0 Å². The third-order valence-corrected chi connectivity index (χ3v) is 2.51. The van der Waals surface area contributed by atoms with Crippen LogP contribution in [-0.4, -0.2) is 0 Å². The van der Waals surface area contributed by atoms with Crippen LogP contribution < -0.4 is 17.0 Å². The normalized spacial score (nSPS) is 9.67. The van der Waals surface area contributed by atoms with Gasteiger partial charge in [0.2, 0.25) is 0 Å². The van der Waals surface area contributed by atoms with Crippen LogP contribution >= 0.6 is 0 Å². The van der Waals surface area contributed by atoms with Gasteiger partial charge in [-0.2, -0.15) is 0 Å². The third-order valence-electron chi connectivity index (χ3n) is 2.51. The minimum Gasteiger partial charge on any atom is -1.00 e. The van der Waals surface area contributed by atoms with Crippen LogP contribution in [0.3, 0.4) is 0 Å². The van der Waals surface area contributed by atoms with Crippen LogP contribution in [-0.2, 0) is 13.5 Å². The van der Waals surface area contributed by atoms with Gasteiger partial charge in [-0.25, -0.2) is 4.57 Å². The van der Waals surface area contributed by atoms with Gasteiger partial charge < -0.3 is 12.4 Å². The Hall–Kier alpha value is -1.34. The molecule has 0 aliphatic carbocycles. The van der Waals surface area contributed by atoms with Crippen LogP contribution in [0.5, 0.6) is 0 Å². The molecule has 78 valence electrons. The molecule has 0 saturated heterocycles. The number of fused-ring (bicyclic) bond motifs is 1. The average Bonchev–Trinajstić information content (AvgIpc) is 2.23. The first-order valence-corrected chi connectivity index (χ1v) is 4.80. The van der Waals surface area contributed by atoms with Crippen molar-refractivity contribution in [2.24, 2.45) is 7.05 Å². The molecule has 15 heavy (non-hydrogen) atoms. The summed E-state index contributed by atoms with van der Waals surface area (Å²) in [5.74, 6) is 0. The van der Waals surface area contributed by atoms with E-state index in [1.807, 2.05) is 6.08 Å². The monoisotopic (exact) mass is 219 g/mol. The number of hydrogen-bond acceptors (Lipinski definition) is 0. The summed E-state index contributed by atoms with van der Waals surface area (Å²) in [6, 6.07) is 10.6. The number of nitrogens with zero attached hydrogens (tertiary/aromatic N) is 1. The maximum atomic E-state index is 3.79. The van der Waals surface area contributed by atoms with E-state index in [9.17, 15) is 0 Å². The van der Waals surface area contributed by atoms with Crippen LogP contribution in [0.15, 0.2) is 49.2 Å². The van der Waals surface area contributed by atoms with E-state index in [1.54, 1.807) is 0 Å². The first-order chi connectivity index (χ1) is 6.83. The number of pyridine rings is 1. The predicted octanol–water partition coefficient (Wildman–Crippen LogP) is -0.603. The summed E-state index contributed by atoms with van der Waals surface area (Å²) in [4.78, 5) is 0. The zero-order valence-electron chi connectivity index (χ0n) is 8.78. The van der Waals surface area contributed by atoms with Gasteiger partial charge in [-0.3, -0.25) is 0 Å². The minimum absolute atomic E-state index is 0. The number of halogens is 1. The highest BCUT2D eigenvalue weighted by atomic mass is 35.5. The Morgan fingerprint density at radius 2 is 2.00 bits per heavy atom. The smallest absolute Gasteiger partial charge is 0.192 e. The molecule has 2 rings (SSSR count). The van der Waals surface area contributed by atoms with E-state index in [0.29, 0.717) is 0 Å². The number of aryl methyl sites for hydroxylation is 1. The van der Waals surface area contributed by atoms with Gasteiger partial charge in [-0.1, -0.05) is 24.3 Å². The van der Waals surface area contributed by atoms with Crippen LogP contribution in [0.4, 0.5) is 0 Å². The molecule has 0 N–H and O–H groups in total. The molecule has 1 aromatic carbocycles. The van der Waals surface area contributed by atoms with Crippen molar-refractivity contribution < 1.29 is 17.0 Å². The van der Waals surface area contributed by atoms with E-state index in [-0.39, 0.29) is 12.4 Å². The first-order valence-electron chi connectivity index (χ1n) is 4.80. The number of hydrogen-bond donors (Lipinski definition) is 0. The Bertz CT molecular complexity index is 477. The molecule has 2 aromatic rings. The zero-order valence-corrected chi connectivity index (χ0v) is 9.54. The zero-order chi connectivity index (χ0) is 9.97. The Balaban J connectivity index is 0.00000112. The molecule has 0 aliphatic rings. The second-order valence-corrected chi connectivity index (χ2v) is 3.45. The van der Waals surface area contributed by atoms with Gasteiger partial charge in [-0.15, -0.1) is 6.58 Å². The largest absolute Gasteiger partial charge is 1.00 e. The van der Waals surface area contributed by atoms with Crippen molar-refractivity contribution in [3.05, 3.63) is 54.9 Å². The molecule has 2 heteroatoms. The molecule has 0 saturated carbocycles. The van der Waals surface area contributed by atoms with Gasteiger partial charge in [0.1, 0.15) is 7.05 Å². The van der Waals surface area contributed by atoms with Crippen molar-refractivity contribution in [3.8, 4) is 0 Å². The highest BCUT2D eigenvalue weighted by Gasteiger charge is 2.08. The van der Waals surface area contributed by atoms with Gasteiger partial charge in [0.25, 0.3) is 0 Å². The van der Waals surface area contributed by atoms with E-state index in [4.69, 9.17) is 0 Å². The highest BCUT2D eigenvalue weighted by Crippen LogP contribution is 2.15. The highest BCUT2D eigenvalue weighted by molar-refractivity contribution is 5.83. The predicted molar refractivity (Wildman–Crippen MR) is 59.0 cm³/mol. The van der Waals surface area contributed by atoms with Crippen LogP contribution in [0.1, 0.15) is 5.69 Å². The first kappa shape index (κ1) is 11.7. The molecule has 1 heterocycles. The summed E-state index contributed by atoms with van der Waals surface area (Å²) >= 11 is 0. The molecule has 0 atom stereocenters. The summed E-state index contributed by atoms with van der Waals surface area (Å²) in [7, 11) is 2.07. The molecule has 0 amide bonds. The SMILES string of the molecule is C=CCc1c2ccccc2cc[n+]1C.[Cl-]. The lowest BCUT2D eigenvalue weighted by atomic mass is 10.1. The van der Waals surface area contributed by atoms with Gasteiger partial charge in [0, 0.05) is 11.5 Å². The van der Waals surface area contributed by atoms with Crippen LogP contribution in [0.2, 0.25) is 0 Å². The maximum Gasteiger partial charge on any atom is 0.192 e. The Labute approximate surface area is 96.5 Å². The van der Waals surface area contributed by atoms with E-state index < -0.39 is 0 Å². The number of benzene rings is 1. The molecular formula is C13H14ClN. The van der Waals surface area contributed by atoms with Gasteiger partial charge >= 0.3 is 0 Å². The summed E-state index contributed by atoms with van der Waals surface area (Å²) in [5.41, 5.74) is 1.32. The molecule has 0 bridgehead atoms. The molecular weight excluding hydrogens is 206 g/mol. The van der Waals surface area contributed by atoms with Crippen molar-refractivity contribution in [1.29, 1.82) is 0 Å². The minimum atomic E-state index is 0. The Kier molecular flexibility index (Phi) is 3.87. The van der Waals surface area contributed by atoms with Crippen molar-refractivity contribution >= 4 is 10.8 Å². The molecule has 0 radical (unpaired) electrons. The summed E-state index contributed by atoms with van der Waals surface area (Å²) in [6.45, 7) is 3.79. The number of rotatable bonds is 2. The molecule has 0 aliphatic heterocycles. The topological polar surface area (TPSA) is 3.88 Å². The summed E-state index contributed by atoms with van der Waals surface area (Å²) in [5, 5.41) is 2.61. The lowest BCUT2D eigenvalue weighted by Crippen LogP contribution is -3.00. The lowest BCUT2D eigenvalue weighted by Gasteiger charge is -2.01. The summed E-state index contributed by atoms with van der Waals surface area (Å²) < 4.78 is 2.16. The second-order valence-electron chi connectivity index (χ2n) is 3.45. The van der Waals surface area contributed by atoms with Crippen molar-refractivity contribution in [3.63, 3.8) is 0 Å². The molecule has 0 fully saturated rings. The fourth-order valence-corrected chi connectivity index (χ4v) is 1.77. The number of allylic oxidation sites excluding steroid dienone is 1. The van der Waals surface area contributed by atoms with Crippen molar-refractivity contribution in [1.82, 2.24) is 0 Å². The molecule has 0 unspecified atom stereocenters. The molecule has 0 spiro atoms. The fraction of sp³-hybridized carbons (Fsp3) is 0.154. The van der Waals surface area contributed by atoms with E-state index in [0.717, 1.165) is 6.42 Å². The standard InChI is InChI=1S/C13H14N.ClH/c1-3-6-13-12-8-5-4-7-11(12)9-10-14(13)2;/h3-5,7-10H,1,6H2,2H3;1H/q+1;/p-1.